The topological polar surface area (TPSA) is 35.6 Å². The van der Waals surface area contributed by atoms with Gasteiger partial charge in [-0.1, -0.05) is 62.8 Å². The SMILES string of the molecule is Brc1cccc2c3ccncc3n(CCCCCCCCCCn3c4cnccc4c4cccc(Br)c43)c12. The van der Waals surface area contributed by atoms with Gasteiger partial charge >= 0.3 is 0 Å². The Morgan fingerprint density at radius 2 is 0.921 bits per heavy atom. The van der Waals surface area contributed by atoms with Crippen molar-refractivity contribution in [3.05, 3.63) is 82.3 Å². The van der Waals surface area contributed by atoms with Crippen molar-refractivity contribution in [1.82, 2.24) is 19.1 Å². The van der Waals surface area contributed by atoms with Crippen LogP contribution >= 0.6 is 31.9 Å². The van der Waals surface area contributed by atoms with Crippen LogP contribution in [0.25, 0.3) is 43.6 Å². The lowest BCUT2D eigenvalue weighted by Gasteiger charge is -2.09. The molecule has 0 radical (unpaired) electrons. The number of rotatable bonds is 11. The van der Waals surface area contributed by atoms with Gasteiger partial charge in [0.05, 0.1) is 34.5 Å². The molecule has 0 aliphatic heterocycles. The molecule has 38 heavy (non-hydrogen) atoms. The number of para-hydroxylation sites is 2. The van der Waals surface area contributed by atoms with E-state index < -0.39 is 0 Å². The van der Waals surface area contributed by atoms with Gasteiger partial charge in [0.2, 0.25) is 0 Å². The smallest absolute Gasteiger partial charge is 0.0678 e. The molecule has 194 valence electrons. The minimum atomic E-state index is 1.04. The van der Waals surface area contributed by atoms with Crippen LogP contribution in [0.5, 0.6) is 0 Å². The van der Waals surface area contributed by atoms with Gasteiger partial charge in [-0.2, -0.15) is 0 Å². The summed E-state index contributed by atoms with van der Waals surface area (Å²) in [6.07, 6.45) is 18.0. The molecule has 4 aromatic heterocycles. The summed E-state index contributed by atoms with van der Waals surface area (Å²) < 4.78 is 7.22. The molecule has 0 N–H and O–H groups in total. The standard InChI is InChI=1S/C32H32Br2N4/c33-27-13-9-11-25-23-15-17-35-21-29(23)37(31(25)27)19-7-5-3-1-2-4-6-8-20-38-30-22-36-18-16-24(30)26-12-10-14-28(34)32(26)38/h9-18,21-22H,1-8,19-20H2. The van der Waals surface area contributed by atoms with Crippen molar-refractivity contribution < 1.29 is 0 Å². The zero-order valence-electron chi connectivity index (χ0n) is 21.5. The van der Waals surface area contributed by atoms with Gasteiger partial charge in [-0.05, 0) is 69.0 Å². The predicted molar refractivity (Wildman–Crippen MR) is 167 cm³/mol. The monoisotopic (exact) mass is 630 g/mol. The molecule has 6 heteroatoms. The Labute approximate surface area is 240 Å². The molecule has 2 aromatic carbocycles. The van der Waals surface area contributed by atoms with Gasteiger partial charge < -0.3 is 9.13 Å². The van der Waals surface area contributed by atoms with E-state index in [0.717, 1.165) is 22.0 Å². The van der Waals surface area contributed by atoms with E-state index in [2.05, 4.69) is 99.5 Å². The molecule has 0 saturated heterocycles. The van der Waals surface area contributed by atoms with Crippen molar-refractivity contribution in [2.45, 2.75) is 64.5 Å². The molecule has 0 bridgehead atoms. The number of hydrogen-bond donors (Lipinski definition) is 0. The fraction of sp³-hybridized carbons (Fsp3) is 0.312. The first kappa shape index (κ1) is 25.6. The zero-order chi connectivity index (χ0) is 25.9. The summed E-state index contributed by atoms with van der Waals surface area (Å²) in [7, 11) is 0. The van der Waals surface area contributed by atoms with Gasteiger partial charge in [0.1, 0.15) is 0 Å². The number of fused-ring (bicyclic) bond motifs is 6. The summed E-state index contributed by atoms with van der Waals surface area (Å²) in [6.45, 7) is 2.08. The van der Waals surface area contributed by atoms with Crippen LogP contribution in [0.3, 0.4) is 0 Å². The van der Waals surface area contributed by atoms with Crippen LogP contribution in [-0.2, 0) is 13.1 Å². The minimum Gasteiger partial charge on any atom is -0.338 e. The maximum absolute atomic E-state index is 4.40. The summed E-state index contributed by atoms with van der Waals surface area (Å²) in [4.78, 5) is 8.80. The number of unbranched alkanes of at least 4 members (excludes halogenated alkanes) is 7. The van der Waals surface area contributed by atoms with E-state index in [4.69, 9.17) is 0 Å². The molecule has 4 nitrogen and oxygen atoms in total. The van der Waals surface area contributed by atoms with Crippen LogP contribution in [-0.4, -0.2) is 19.1 Å². The third-order valence-electron chi connectivity index (χ3n) is 7.79. The molecule has 0 aliphatic rings. The Hall–Kier alpha value is -2.70. The van der Waals surface area contributed by atoms with Crippen LogP contribution < -0.4 is 0 Å². The molecule has 6 rings (SSSR count). The van der Waals surface area contributed by atoms with E-state index in [1.165, 1.54) is 95.0 Å². The lowest BCUT2D eigenvalue weighted by Crippen LogP contribution is -1.99. The molecular formula is C32H32Br2N4. The highest BCUT2D eigenvalue weighted by Crippen LogP contribution is 2.35. The predicted octanol–water partition coefficient (Wildman–Crippen LogP) is 10.0. The number of halogens is 2. The molecular weight excluding hydrogens is 600 g/mol. The maximum Gasteiger partial charge on any atom is 0.0678 e. The minimum absolute atomic E-state index is 1.04. The highest BCUT2D eigenvalue weighted by molar-refractivity contribution is 9.11. The van der Waals surface area contributed by atoms with Crippen LogP contribution in [0.2, 0.25) is 0 Å². The van der Waals surface area contributed by atoms with E-state index in [1.807, 2.05) is 24.8 Å². The summed E-state index contributed by atoms with van der Waals surface area (Å²) in [5, 5.41) is 5.20. The Morgan fingerprint density at radius 3 is 1.37 bits per heavy atom. The molecule has 0 aliphatic carbocycles. The Bertz CT molecular complexity index is 1590. The molecule has 0 atom stereocenters. The highest BCUT2D eigenvalue weighted by Gasteiger charge is 2.14. The second-order valence-electron chi connectivity index (χ2n) is 10.2. The number of hydrogen-bond acceptors (Lipinski definition) is 2. The Morgan fingerprint density at radius 1 is 0.500 bits per heavy atom. The highest BCUT2D eigenvalue weighted by atomic mass is 79.9. The van der Waals surface area contributed by atoms with Crippen LogP contribution in [0, 0.1) is 0 Å². The van der Waals surface area contributed by atoms with Crippen LogP contribution in [0.15, 0.2) is 82.3 Å². The van der Waals surface area contributed by atoms with E-state index >= 15 is 0 Å². The van der Waals surface area contributed by atoms with Crippen molar-refractivity contribution in [3.63, 3.8) is 0 Å². The normalized spacial score (nSPS) is 11.9. The average Bonchev–Trinajstić information content (AvgIpc) is 3.44. The fourth-order valence-electron chi connectivity index (χ4n) is 5.98. The first-order chi connectivity index (χ1) is 18.7. The maximum atomic E-state index is 4.40. The summed E-state index contributed by atoms with van der Waals surface area (Å²) in [5.74, 6) is 0. The first-order valence-corrected chi connectivity index (χ1v) is 15.3. The van der Waals surface area contributed by atoms with E-state index in [0.29, 0.717) is 0 Å². The molecule has 0 spiro atoms. The van der Waals surface area contributed by atoms with E-state index in [1.54, 1.807) is 0 Å². The third kappa shape index (κ3) is 4.89. The fourth-order valence-corrected chi connectivity index (χ4v) is 7.14. The number of pyridine rings is 2. The van der Waals surface area contributed by atoms with Gasteiger partial charge in [-0.15, -0.1) is 0 Å². The van der Waals surface area contributed by atoms with Crippen molar-refractivity contribution >= 4 is 75.5 Å². The van der Waals surface area contributed by atoms with Gasteiger partial charge in [0, 0.05) is 56.0 Å². The van der Waals surface area contributed by atoms with Gasteiger partial charge in [0.25, 0.3) is 0 Å². The molecule has 0 saturated carbocycles. The summed E-state index contributed by atoms with van der Waals surface area (Å²) >= 11 is 7.56. The van der Waals surface area contributed by atoms with E-state index in [-0.39, 0.29) is 0 Å². The number of aromatic nitrogens is 4. The van der Waals surface area contributed by atoms with Gasteiger partial charge in [-0.3, -0.25) is 9.97 Å². The zero-order valence-corrected chi connectivity index (χ0v) is 24.7. The number of benzene rings is 2. The summed E-state index contributed by atoms with van der Waals surface area (Å²) in [5.41, 5.74) is 5.06. The second kappa shape index (κ2) is 11.6. The largest absolute Gasteiger partial charge is 0.338 e. The van der Waals surface area contributed by atoms with Crippen molar-refractivity contribution in [2.24, 2.45) is 0 Å². The molecule has 4 heterocycles. The van der Waals surface area contributed by atoms with Gasteiger partial charge in [0.15, 0.2) is 0 Å². The molecule has 0 fully saturated rings. The Balaban J connectivity index is 0.966. The number of nitrogens with zero attached hydrogens (tertiary/aromatic N) is 4. The average molecular weight is 632 g/mol. The molecule has 6 aromatic rings. The summed E-state index contributed by atoms with van der Waals surface area (Å²) in [6, 6.07) is 17.2. The van der Waals surface area contributed by atoms with Crippen molar-refractivity contribution in [1.29, 1.82) is 0 Å². The van der Waals surface area contributed by atoms with Gasteiger partial charge in [-0.25, -0.2) is 0 Å². The number of aryl methyl sites for hydroxylation is 2. The van der Waals surface area contributed by atoms with Crippen LogP contribution in [0.1, 0.15) is 51.4 Å². The second-order valence-corrected chi connectivity index (χ2v) is 11.9. The van der Waals surface area contributed by atoms with E-state index in [9.17, 15) is 0 Å². The third-order valence-corrected chi connectivity index (χ3v) is 9.07. The van der Waals surface area contributed by atoms with Crippen molar-refractivity contribution in [3.8, 4) is 0 Å². The quantitative estimate of drug-likeness (QED) is 0.133. The van der Waals surface area contributed by atoms with Crippen LogP contribution in [0.4, 0.5) is 0 Å². The van der Waals surface area contributed by atoms with Crippen molar-refractivity contribution in [2.75, 3.05) is 0 Å². The lowest BCUT2D eigenvalue weighted by molar-refractivity contribution is 0.536. The molecule has 0 amide bonds. The Kier molecular flexibility index (Phi) is 7.80. The first-order valence-electron chi connectivity index (χ1n) is 13.7. The lowest BCUT2D eigenvalue weighted by atomic mass is 10.1. The molecule has 0 unspecified atom stereocenters.